The van der Waals surface area contributed by atoms with Crippen LogP contribution in [-0.2, 0) is 0 Å². The molecule has 1 fully saturated rings. The minimum atomic E-state index is 0.0624. The zero-order chi connectivity index (χ0) is 11.7. The summed E-state index contributed by atoms with van der Waals surface area (Å²) in [5.41, 5.74) is 9.09. The molecule has 0 bridgehead atoms. The Labute approximate surface area is 96.8 Å². The number of benzene rings is 1. The van der Waals surface area contributed by atoms with E-state index in [0.717, 1.165) is 11.1 Å². The zero-order valence-electron chi connectivity index (χ0n) is 9.99. The maximum absolute atomic E-state index is 12.1. The molecule has 2 nitrogen and oxygen atoms in total. The molecule has 86 valence electrons. The lowest BCUT2D eigenvalue weighted by Crippen LogP contribution is -2.26. The van der Waals surface area contributed by atoms with Crippen molar-refractivity contribution in [3.05, 3.63) is 34.9 Å². The lowest BCUT2D eigenvalue weighted by Gasteiger charge is -2.11. The fourth-order valence-electron chi connectivity index (χ4n) is 2.07. The summed E-state index contributed by atoms with van der Waals surface area (Å²) in [6.07, 6.45) is 2.89. The summed E-state index contributed by atoms with van der Waals surface area (Å²) >= 11 is 0. The van der Waals surface area contributed by atoms with Gasteiger partial charge in [-0.05, 0) is 43.7 Å². The van der Waals surface area contributed by atoms with Crippen molar-refractivity contribution in [2.75, 3.05) is 0 Å². The number of hydrogen-bond donors (Lipinski definition) is 1. The van der Waals surface area contributed by atoms with Crippen LogP contribution in [-0.4, -0.2) is 11.8 Å². The highest BCUT2D eigenvalue weighted by Gasteiger charge is 2.30. The number of ketones is 1. The van der Waals surface area contributed by atoms with Crippen LogP contribution in [0.2, 0.25) is 0 Å². The fraction of sp³-hybridized carbons (Fsp3) is 0.500. The molecule has 1 unspecified atom stereocenters. The molecule has 16 heavy (non-hydrogen) atoms. The van der Waals surface area contributed by atoms with Gasteiger partial charge in [0.2, 0.25) is 0 Å². The van der Waals surface area contributed by atoms with Gasteiger partial charge in [-0.25, -0.2) is 0 Å². The van der Waals surface area contributed by atoms with E-state index in [-0.39, 0.29) is 11.8 Å². The summed E-state index contributed by atoms with van der Waals surface area (Å²) in [6, 6.07) is 5.95. The van der Waals surface area contributed by atoms with Crippen molar-refractivity contribution in [2.45, 2.75) is 39.2 Å². The van der Waals surface area contributed by atoms with Crippen LogP contribution < -0.4 is 5.73 Å². The monoisotopic (exact) mass is 217 g/mol. The van der Waals surface area contributed by atoms with Crippen molar-refractivity contribution < 1.29 is 4.79 Å². The molecule has 0 amide bonds. The molecule has 0 radical (unpaired) electrons. The highest BCUT2D eigenvalue weighted by atomic mass is 16.1. The number of aryl methyl sites for hydroxylation is 1. The van der Waals surface area contributed by atoms with Gasteiger partial charge in [-0.2, -0.15) is 0 Å². The fourth-order valence-corrected chi connectivity index (χ4v) is 2.07. The first-order valence-electron chi connectivity index (χ1n) is 5.94. The molecule has 1 aliphatic carbocycles. The van der Waals surface area contributed by atoms with Crippen LogP contribution in [0, 0.1) is 19.8 Å². The van der Waals surface area contributed by atoms with Gasteiger partial charge in [0.1, 0.15) is 0 Å². The molecule has 1 atom stereocenters. The molecule has 2 N–H and O–H groups in total. The summed E-state index contributed by atoms with van der Waals surface area (Å²) in [4.78, 5) is 12.1. The van der Waals surface area contributed by atoms with Crippen molar-refractivity contribution in [1.29, 1.82) is 0 Å². The summed E-state index contributed by atoms with van der Waals surface area (Å²) in [7, 11) is 0. The van der Waals surface area contributed by atoms with Gasteiger partial charge in [-0.1, -0.05) is 18.2 Å². The van der Waals surface area contributed by atoms with Gasteiger partial charge < -0.3 is 5.73 Å². The average Bonchev–Trinajstić information content (AvgIpc) is 3.05. The normalized spacial score (nSPS) is 17.2. The molecule has 0 heterocycles. The van der Waals surface area contributed by atoms with E-state index in [9.17, 15) is 4.79 Å². The van der Waals surface area contributed by atoms with Crippen molar-refractivity contribution in [3.63, 3.8) is 0 Å². The van der Waals surface area contributed by atoms with Crippen LogP contribution in [0.4, 0.5) is 0 Å². The van der Waals surface area contributed by atoms with E-state index in [2.05, 4.69) is 0 Å². The SMILES string of the molecule is Cc1cccc(C(=O)CC(N)C2CC2)c1C. The van der Waals surface area contributed by atoms with E-state index in [0.29, 0.717) is 12.3 Å². The predicted octanol–water partition coefficient (Wildman–Crippen LogP) is 2.61. The van der Waals surface area contributed by atoms with Crippen LogP contribution in [0.25, 0.3) is 0 Å². The van der Waals surface area contributed by atoms with Crippen LogP contribution in [0.3, 0.4) is 0 Å². The Bertz CT molecular complexity index is 407. The Balaban J connectivity index is 2.10. The van der Waals surface area contributed by atoms with Gasteiger partial charge in [0.15, 0.2) is 5.78 Å². The van der Waals surface area contributed by atoms with Gasteiger partial charge in [-0.3, -0.25) is 4.79 Å². The number of Topliss-reactive ketones (excluding diaryl/α,β-unsaturated/α-hetero) is 1. The lowest BCUT2D eigenvalue weighted by molar-refractivity contribution is 0.0971. The van der Waals surface area contributed by atoms with Gasteiger partial charge in [-0.15, -0.1) is 0 Å². The Morgan fingerprint density at radius 1 is 1.44 bits per heavy atom. The number of nitrogens with two attached hydrogens (primary N) is 1. The molecule has 0 spiro atoms. The molecular weight excluding hydrogens is 198 g/mol. The zero-order valence-corrected chi connectivity index (χ0v) is 9.99. The molecule has 1 saturated carbocycles. The summed E-state index contributed by atoms with van der Waals surface area (Å²) in [6.45, 7) is 4.04. The summed E-state index contributed by atoms with van der Waals surface area (Å²) < 4.78 is 0. The third-order valence-electron chi connectivity index (χ3n) is 3.55. The summed E-state index contributed by atoms with van der Waals surface area (Å²) in [5.74, 6) is 0.787. The van der Waals surface area contributed by atoms with Crippen molar-refractivity contribution >= 4 is 5.78 Å². The van der Waals surface area contributed by atoms with E-state index >= 15 is 0 Å². The number of carbonyl (C=O) groups is 1. The molecule has 0 aliphatic heterocycles. The first-order chi connectivity index (χ1) is 7.59. The highest BCUT2D eigenvalue weighted by Crippen LogP contribution is 2.33. The topological polar surface area (TPSA) is 43.1 Å². The second-order valence-electron chi connectivity index (χ2n) is 4.88. The van der Waals surface area contributed by atoms with Gasteiger partial charge in [0.05, 0.1) is 0 Å². The van der Waals surface area contributed by atoms with E-state index in [1.807, 2.05) is 32.0 Å². The Morgan fingerprint density at radius 3 is 2.75 bits per heavy atom. The molecule has 1 aromatic rings. The van der Waals surface area contributed by atoms with Crippen LogP contribution in [0.1, 0.15) is 40.7 Å². The van der Waals surface area contributed by atoms with Crippen LogP contribution >= 0.6 is 0 Å². The Morgan fingerprint density at radius 2 is 2.12 bits per heavy atom. The minimum absolute atomic E-state index is 0.0624. The lowest BCUT2D eigenvalue weighted by atomic mass is 9.95. The van der Waals surface area contributed by atoms with Gasteiger partial charge in [0.25, 0.3) is 0 Å². The molecule has 1 aromatic carbocycles. The number of rotatable bonds is 4. The van der Waals surface area contributed by atoms with Crippen molar-refractivity contribution in [2.24, 2.45) is 11.7 Å². The van der Waals surface area contributed by atoms with E-state index in [4.69, 9.17) is 5.73 Å². The maximum Gasteiger partial charge on any atom is 0.164 e. The number of carbonyl (C=O) groups excluding carboxylic acids is 1. The predicted molar refractivity (Wildman–Crippen MR) is 65.6 cm³/mol. The largest absolute Gasteiger partial charge is 0.327 e. The molecule has 0 saturated heterocycles. The first kappa shape index (κ1) is 11.3. The summed E-state index contributed by atoms with van der Waals surface area (Å²) in [5, 5.41) is 0. The first-order valence-corrected chi connectivity index (χ1v) is 5.94. The molecule has 0 aromatic heterocycles. The van der Waals surface area contributed by atoms with Gasteiger partial charge >= 0.3 is 0 Å². The number of hydrogen-bond acceptors (Lipinski definition) is 2. The quantitative estimate of drug-likeness (QED) is 0.788. The molecular formula is C14H19NO. The molecule has 1 aliphatic rings. The average molecular weight is 217 g/mol. The minimum Gasteiger partial charge on any atom is -0.327 e. The standard InChI is InChI=1S/C14H19NO/c1-9-4-3-5-12(10(9)2)14(16)8-13(15)11-6-7-11/h3-5,11,13H,6-8,15H2,1-2H3. The van der Waals surface area contributed by atoms with E-state index in [1.54, 1.807) is 0 Å². The van der Waals surface area contributed by atoms with Crippen molar-refractivity contribution in [3.8, 4) is 0 Å². The van der Waals surface area contributed by atoms with E-state index < -0.39 is 0 Å². The third kappa shape index (κ3) is 2.33. The second kappa shape index (κ2) is 4.38. The van der Waals surface area contributed by atoms with Crippen LogP contribution in [0.15, 0.2) is 18.2 Å². The molecule has 2 rings (SSSR count). The van der Waals surface area contributed by atoms with Gasteiger partial charge in [0, 0.05) is 18.0 Å². The van der Waals surface area contributed by atoms with E-state index in [1.165, 1.54) is 18.4 Å². The Kier molecular flexibility index (Phi) is 3.10. The van der Waals surface area contributed by atoms with Crippen LogP contribution in [0.5, 0.6) is 0 Å². The highest BCUT2D eigenvalue weighted by molar-refractivity contribution is 5.98. The Hall–Kier alpha value is -1.15. The maximum atomic E-state index is 12.1. The van der Waals surface area contributed by atoms with Crippen molar-refractivity contribution in [1.82, 2.24) is 0 Å². The molecule has 2 heteroatoms. The third-order valence-corrected chi connectivity index (χ3v) is 3.55. The second-order valence-corrected chi connectivity index (χ2v) is 4.88. The smallest absolute Gasteiger partial charge is 0.164 e.